The molecule has 0 atom stereocenters. The minimum atomic E-state index is 0.0902. The second kappa shape index (κ2) is 6.21. The first-order valence-electron chi connectivity index (χ1n) is 6.70. The number of urea groups is 1. The molecular formula is C12H23N3O2. The van der Waals surface area contributed by atoms with Crippen LogP contribution in [0.15, 0.2) is 0 Å². The van der Waals surface area contributed by atoms with Gasteiger partial charge in [-0.05, 0) is 25.7 Å². The van der Waals surface area contributed by atoms with Gasteiger partial charge in [0, 0.05) is 19.1 Å². The number of nitrogens with one attached hydrogen (secondary N) is 1. The average Bonchev–Trinajstić information content (AvgIpc) is 2.40. The van der Waals surface area contributed by atoms with Crippen molar-refractivity contribution < 1.29 is 9.63 Å². The number of carbonyl (C=O) groups is 1. The number of piperidine rings is 1. The fraction of sp³-hybridized carbons (Fsp3) is 0.917. The third-order valence-corrected chi connectivity index (χ3v) is 3.85. The first-order chi connectivity index (χ1) is 8.29. The Morgan fingerprint density at radius 2 is 1.76 bits per heavy atom. The van der Waals surface area contributed by atoms with Crippen molar-refractivity contribution in [3.63, 3.8) is 0 Å². The predicted molar refractivity (Wildman–Crippen MR) is 65.3 cm³/mol. The van der Waals surface area contributed by atoms with Crippen LogP contribution in [0.25, 0.3) is 0 Å². The summed E-state index contributed by atoms with van der Waals surface area (Å²) < 4.78 is 0. The molecule has 1 heterocycles. The number of nitrogens with two attached hydrogens (primary N) is 1. The van der Waals surface area contributed by atoms with Gasteiger partial charge in [-0.15, -0.1) is 0 Å². The highest BCUT2D eigenvalue weighted by Gasteiger charge is 2.24. The minimum Gasteiger partial charge on any atom is -0.335 e. The first kappa shape index (κ1) is 12.6. The minimum absolute atomic E-state index is 0.0902. The van der Waals surface area contributed by atoms with Gasteiger partial charge in [-0.1, -0.05) is 19.3 Å². The van der Waals surface area contributed by atoms with Crippen molar-refractivity contribution in [2.75, 3.05) is 13.1 Å². The summed E-state index contributed by atoms with van der Waals surface area (Å²) in [5.74, 6) is 5.16. The van der Waals surface area contributed by atoms with Crippen LogP contribution in [0.4, 0.5) is 4.79 Å². The smallest absolute Gasteiger partial charge is 0.317 e. The predicted octanol–water partition coefficient (Wildman–Crippen LogP) is 1.38. The normalized spacial score (nSPS) is 23.7. The lowest BCUT2D eigenvalue weighted by Gasteiger charge is -2.33. The molecule has 3 N–H and O–H groups in total. The Morgan fingerprint density at radius 1 is 1.12 bits per heavy atom. The van der Waals surface area contributed by atoms with Gasteiger partial charge >= 0.3 is 6.03 Å². The van der Waals surface area contributed by atoms with Gasteiger partial charge in [0.25, 0.3) is 0 Å². The standard InChI is InChI=1S/C12H23N3O2/c13-17-11-6-8-15(9-7-11)12(16)14-10-4-2-1-3-5-10/h10-11H,1-9,13H2,(H,14,16). The Labute approximate surface area is 103 Å². The molecule has 2 rings (SSSR count). The molecule has 0 aromatic carbocycles. The molecule has 0 spiro atoms. The average molecular weight is 241 g/mol. The molecule has 5 heteroatoms. The third kappa shape index (κ3) is 3.57. The van der Waals surface area contributed by atoms with Crippen LogP contribution in [0.1, 0.15) is 44.9 Å². The van der Waals surface area contributed by atoms with Gasteiger partial charge < -0.3 is 15.1 Å². The molecule has 98 valence electrons. The number of carbonyl (C=O) groups excluding carboxylic acids is 1. The van der Waals surface area contributed by atoms with Crippen molar-refractivity contribution in [2.24, 2.45) is 5.90 Å². The van der Waals surface area contributed by atoms with E-state index in [2.05, 4.69) is 5.32 Å². The van der Waals surface area contributed by atoms with E-state index in [1.54, 1.807) is 0 Å². The lowest BCUT2D eigenvalue weighted by molar-refractivity contribution is 0.0137. The summed E-state index contributed by atoms with van der Waals surface area (Å²) in [7, 11) is 0. The van der Waals surface area contributed by atoms with Crippen LogP contribution in [0, 0.1) is 0 Å². The molecule has 1 saturated carbocycles. The number of hydrogen-bond acceptors (Lipinski definition) is 3. The largest absolute Gasteiger partial charge is 0.335 e. The Kier molecular flexibility index (Phi) is 4.62. The highest BCUT2D eigenvalue weighted by Crippen LogP contribution is 2.18. The highest BCUT2D eigenvalue weighted by molar-refractivity contribution is 5.74. The zero-order valence-electron chi connectivity index (χ0n) is 10.4. The maximum atomic E-state index is 12.0. The molecule has 2 amide bonds. The Bertz CT molecular complexity index is 246. The van der Waals surface area contributed by atoms with Crippen molar-refractivity contribution in [3.8, 4) is 0 Å². The van der Waals surface area contributed by atoms with E-state index < -0.39 is 0 Å². The maximum Gasteiger partial charge on any atom is 0.317 e. The number of hydrogen-bond donors (Lipinski definition) is 2. The summed E-state index contributed by atoms with van der Waals surface area (Å²) in [5, 5.41) is 3.14. The van der Waals surface area contributed by atoms with E-state index in [0.717, 1.165) is 38.8 Å². The summed E-state index contributed by atoms with van der Waals surface area (Å²) in [6, 6.07) is 0.479. The lowest BCUT2D eigenvalue weighted by Crippen LogP contribution is -2.49. The van der Waals surface area contributed by atoms with Crippen molar-refractivity contribution in [2.45, 2.75) is 57.1 Å². The summed E-state index contributed by atoms with van der Waals surface area (Å²) in [6.07, 6.45) is 7.87. The van der Waals surface area contributed by atoms with E-state index in [0.29, 0.717) is 6.04 Å². The fourth-order valence-corrected chi connectivity index (χ4v) is 2.71. The molecule has 0 radical (unpaired) electrons. The fourth-order valence-electron chi connectivity index (χ4n) is 2.71. The van der Waals surface area contributed by atoms with Gasteiger partial charge in [-0.25, -0.2) is 10.7 Å². The number of rotatable bonds is 2. The van der Waals surface area contributed by atoms with Crippen molar-refractivity contribution in [3.05, 3.63) is 0 Å². The summed E-state index contributed by atoms with van der Waals surface area (Å²) in [5.41, 5.74) is 0. The van der Waals surface area contributed by atoms with Gasteiger partial charge in [0.05, 0.1) is 6.10 Å². The molecule has 0 bridgehead atoms. The number of likely N-dealkylation sites (tertiary alicyclic amines) is 1. The van der Waals surface area contributed by atoms with Gasteiger partial charge in [-0.3, -0.25) is 0 Å². The lowest BCUT2D eigenvalue weighted by atomic mass is 9.96. The Balaban J connectivity index is 1.72. The molecule has 1 aliphatic carbocycles. The summed E-state index contributed by atoms with van der Waals surface area (Å²) >= 11 is 0. The Morgan fingerprint density at radius 3 is 2.35 bits per heavy atom. The second-order valence-electron chi connectivity index (χ2n) is 5.11. The van der Waals surface area contributed by atoms with Crippen LogP contribution >= 0.6 is 0 Å². The van der Waals surface area contributed by atoms with E-state index in [-0.39, 0.29) is 12.1 Å². The van der Waals surface area contributed by atoms with Crippen LogP contribution in [0.3, 0.4) is 0 Å². The van der Waals surface area contributed by atoms with Crippen molar-refractivity contribution in [1.29, 1.82) is 0 Å². The maximum absolute atomic E-state index is 12.0. The molecule has 1 saturated heterocycles. The van der Waals surface area contributed by atoms with E-state index in [4.69, 9.17) is 10.7 Å². The van der Waals surface area contributed by atoms with Gasteiger partial charge in [0.2, 0.25) is 0 Å². The molecule has 2 fully saturated rings. The van der Waals surface area contributed by atoms with Crippen LogP contribution < -0.4 is 11.2 Å². The molecule has 0 aromatic rings. The highest BCUT2D eigenvalue weighted by atomic mass is 16.6. The summed E-state index contributed by atoms with van der Waals surface area (Å²) in [4.78, 5) is 18.7. The summed E-state index contributed by atoms with van der Waals surface area (Å²) in [6.45, 7) is 1.50. The quantitative estimate of drug-likeness (QED) is 0.718. The van der Waals surface area contributed by atoms with Crippen molar-refractivity contribution in [1.82, 2.24) is 10.2 Å². The van der Waals surface area contributed by atoms with E-state index >= 15 is 0 Å². The molecular weight excluding hydrogens is 218 g/mol. The van der Waals surface area contributed by atoms with Crippen molar-refractivity contribution >= 4 is 6.03 Å². The molecule has 1 aliphatic heterocycles. The molecule has 5 nitrogen and oxygen atoms in total. The Hall–Kier alpha value is -0.810. The SMILES string of the molecule is NOC1CCN(C(=O)NC2CCCCC2)CC1. The molecule has 0 unspecified atom stereocenters. The van der Waals surface area contributed by atoms with Crippen LogP contribution in [0.2, 0.25) is 0 Å². The number of nitrogens with zero attached hydrogens (tertiary/aromatic N) is 1. The molecule has 0 aromatic heterocycles. The zero-order valence-corrected chi connectivity index (χ0v) is 10.4. The van der Waals surface area contributed by atoms with Gasteiger partial charge in [0.15, 0.2) is 0 Å². The zero-order chi connectivity index (χ0) is 12.1. The van der Waals surface area contributed by atoms with E-state index in [1.807, 2.05) is 4.90 Å². The van der Waals surface area contributed by atoms with E-state index in [1.165, 1.54) is 19.3 Å². The van der Waals surface area contributed by atoms with Crippen LogP contribution in [-0.4, -0.2) is 36.2 Å². The number of amides is 2. The molecule has 2 aliphatic rings. The van der Waals surface area contributed by atoms with Crippen LogP contribution in [0.5, 0.6) is 0 Å². The van der Waals surface area contributed by atoms with Gasteiger partial charge in [0.1, 0.15) is 0 Å². The first-order valence-corrected chi connectivity index (χ1v) is 6.70. The monoisotopic (exact) mass is 241 g/mol. The molecule has 17 heavy (non-hydrogen) atoms. The second-order valence-corrected chi connectivity index (χ2v) is 5.11. The van der Waals surface area contributed by atoms with E-state index in [9.17, 15) is 4.79 Å². The van der Waals surface area contributed by atoms with Gasteiger partial charge in [-0.2, -0.15) is 0 Å². The topological polar surface area (TPSA) is 67.6 Å². The third-order valence-electron chi connectivity index (χ3n) is 3.85. The van der Waals surface area contributed by atoms with Crippen LogP contribution in [-0.2, 0) is 4.84 Å².